The molecule has 110 valence electrons. The second-order valence-corrected chi connectivity index (χ2v) is 4.54. The molecule has 0 radical (unpaired) electrons. The number of urea groups is 1. The molecule has 7 nitrogen and oxygen atoms in total. The Labute approximate surface area is 113 Å². The lowest BCUT2D eigenvalue weighted by Gasteiger charge is -2.18. The number of hydrogen-bond acceptors (Lipinski definition) is 4. The number of carbonyl (C=O) groups excluding carboxylic acids is 3. The molecule has 0 saturated carbocycles. The summed E-state index contributed by atoms with van der Waals surface area (Å²) in [7, 11) is 0. The van der Waals surface area contributed by atoms with Gasteiger partial charge in [-0.1, -0.05) is 13.8 Å². The molecular formula is C12H23N3O4. The van der Waals surface area contributed by atoms with Gasteiger partial charge in [0.15, 0.2) is 0 Å². The van der Waals surface area contributed by atoms with Crippen LogP contribution in [0.15, 0.2) is 0 Å². The predicted molar refractivity (Wildman–Crippen MR) is 70.2 cm³/mol. The van der Waals surface area contributed by atoms with Gasteiger partial charge in [0.1, 0.15) is 6.04 Å². The molecule has 0 aliphatic carbocycles. The molecule has 0 saturated heterocycles. The Morgan fingerprint density at radius 3 is 2.37 bits per heavy atom. The van der Waals surface area contributed by atoms with Gasteiger partial charge in [0.2, 0.25) is 5.91 Å². The largest absolute Gasteiger partial charge is 0.466 e. The quantitative estimate of drug-likeness (QED) is 0.546. The summed E-state index contributed by atoms with van der Waals surface area (Å²) >= 11 is 0. The highest BCUT2D eigenvalue weighted by Crippen LogP contribution is 2.04. The number of ether oxygens (including phenoxy) is 1. The molecule has 0 aromatic rings. The SMILES string of the molecule is CCOC(=O)CCNC(=O)C(CC(C)C)NC(N)=O. The van der Waals surface area contributed by atoms with Crippen LogP contribution in [0.25, 0.3) is 0 Å². The number of hydrogen-bond donors (Lipinski definition) is 3. The molecule has 0 fully saturated rings. The van der Waals surface area contributed by atoms with Gasteiger partial charge in [0.05, 0.1) is 13.0 Å². The van der Waals surface area contributed by atoms with Crippen LogP contribution in [0.5, 0.6) is 0 Å². The van der Waals surface area contributed by atoms with Crippen LogP contribution in [-0.4, -0.2) is 37.1 Å². The van der Waals surface area contributed by atoms with Gasteiger partial charge in [-0.25, -0.2) is 4.79 Å². The molecule has 19 heavy (non-hydrogen) atoms. The number of primary amides is 1. The second-order valence-electron chi connectivity index (χ2n) is 4.54. The summed E-state index contributed by atoms with van der Waals surface area (Å²) in [6.45, 7) is 6.06. The van der Waals surface area contributed by atoms with Crippen LogP contribution in [0.4, 0.5) is 4.79 Å². The Balaban J connectivity index is 4.16. The summed E-state index contributed by atoms with van der Waals surface area (Å²) in [5.74, 6) is -0.490. The molecule has 0 rings (SSSR count). The molecule has 1 atom stereocenters. The van der Waals surface area contributed by atoms with Crippen LogP contribution in [-0.2, 0) is 14.3 Å². The number of nitrogens with one attached hydrogen (secondary N) is 2. The zero-order valence-electron chi connectivity index (χ0n) is 11.7. The molecule has 0 aromatic heterocycles. The third kappa shape index (κ3) is 8.87. The molecule has 1 unspecified atom stereocenters. The van der Waals surface area contributed by atoms with Crippen molar-refractivity contribution in [2.24, 2.45) is 11.7 Å². The van der Waals surface area contributed by atoms with E-state index in [2.05, 4.69) is 10.6 Å². The van der Waals surface area contributed by atoms with Gasteiger partial charge < -0.3 is 21.1 Å². The number of rotatable bonds is 8. The van der Waals surface area contributed by atoms with Crippen LogP contribution in [0.2, 0.25) is 0 Å². The lowest BCUT2D eigenvalue weighted by atomic mass is 10.0. The fourth-order valence-corrected chi connectivity index (χ4v) is 1.52. The number of amides is 3. The van der Waals surface area contributed by atoms with Crippen LogP contribution >= 0.6 is 0 Å². The van der Waals surface area contributed by atoms with Crippen molar-refractivity contribution in [2.75, 3.05) is 13.2 Å². The Hall–Kier alpha value is -1.79. The Kier molecular flexibility index (Phi) is 8.32. The van der Waals surface area contributed by atoms with Gasteiger partial charge >= 0.3 is 12.0 Å². The highest BCUT2D eigenvalue weighted by molar-refractivity contribution is 5.86. The minimum atomic E-state index is -0.744. The average Bonchev–Trinajstić information content (AvgIpc) is 2.27. The first kappa shape index (κ1) is 17.2. The summed E-state index contributed by atoms with van der Waals surface area (Å²) in [5.41, 5.74) is 5.02. The topological polar surface area (TPSA) is 111 Å². The standard InChI is InChI=1S/C12H23N3O4/c1-4-19-10(16)5-6-14-11(17)9(7-8(2)3)15-12(13)18/h8-9H,4-7H2,1-3H3,(H,14,17)(H3,13,15,18). The van der Waals surface area contributed by atoms with E-state index in [1.54, 1.807) is 6.92 Å². The molecule has 4 N–H and O–H groups in total. The van der Waals surface area contributed by atoms with Crippen LogP contribution in [0, 0.1) is 5.92 Å². The van der Waals surface area contributed by atoms with Crippen molar-refractivity contribution in [1.29, 1.82) is 0 Å². The number of carbonyl (C=O) groups is 3. The maximum Gasteiger partial charge on any atom is 0.312 e. The molecule has 0 aliphatic rings. The van der Waals surface area contributed by atoms with E-state index in [1.807, 2.05) is 13.8 Å². The van der Waals surface area contributed by atoms with E-state index < -0.39 is 12.1 Å². The Morgan fingerprint density at radius 1 is 1.26 bits per heavy atom. The molecule has 7 heteroatoms. The van der Waals surface area contributed by atoms with E-state index in [0.29, 0.717) is 13.0 Å². The maximum absolute atomic E-state index is 11.8. The van der Waals surface area contributed by atoms with E-state index in [0.717, 1.165) is 0 Å². The van der Waals surface area contributed by atoms with Gasteiger partial charge in [-0.05, 0) is 19.3 Å². The Bertz CT molecular complexity index is 318. The fourth-order valence-electron chi connectivity index (χ4n) is 1.52. The van der Waals surface area contributed by atoms with Gasteiger partial charge in [0.25, 0.3) is 0 Å². The molecule has 0 bridgehead atoms. The second kappa shape index (κ2) is 9.18. The first-order valence-corrected chi connectivity index (χ1v) is 6.36. The smallest absolute Gasteiger partial charge is 0.312 e. The first-order chi connectivity index (χ1) is 8.86. The fraction of sp³-hybridized carbons (Fsp3) is 0.750. The van der Waals surface area contributed by atoms with Gasteiger partial charge in [-0.2, -0.15) is 0 Å². The zero-order valence-corrected chi connectivity index (χ0v) is 11.7. The minimum absolute atomic E-state index is 0.102. The molecule has 0 aromatic carbocycles. The third-order valence-corrected chi connectivity index (χ3v) is 2.27. The predicted octanol–water partition coefficient (Wildman–Crippen LogP) is 0.139. The van der Waals surface area contributed by atoms with Crippen LogP contribution in [0.3, 0.4) is 0 Å². The van der Waals surface area contributed by atoms with Crippen molar-refractivity contribution in [3.05, 3.63) is 0 Å². The van der Waals surface area contributed by atoms with E-state index in [4.69, 9.17) is 10.5 Å². The lowest BCUT2D eigenvalue weighted by Crippen LogP contribution is -2.49. The third-order valence-electron chi connectivity index (χ3n) is 2.27. The minimum Gasteiger partial charge on any atom is -0.466 e. The van der Waals surface area contributed by atoms with Crippen molar-refractivity contribution in [1.82, 2.24) is 10.6 Å². The average molecular weight is 273 g/mol. The summed E-state index contributed by atoms with van der Waals surface area (Å²) in [5, 5.41) is 4.96. The summed E-state index contributed by atoms with van der Waals surface area (Å²) in [6.07, 6.45) is 0.582. The first-order valence-electron chi connectivity index (χ1n) is 6.36. The summed E-state index contributed by atoms with van der Waals surface area (Å²) in [6, 6.07) is -1.43. The monoisotopic (exact) mass is 273 g/mol. The highest BCUT2D eigenvalue weighted by atomic mass is 16.5. The van der Waals surface area contributed by atoms with Crippen molar-refractivity contribution in [3.63, 3.8) is 0 Å². The summed E-state index contributed by atoms with van der Waals surface area (Å²) < 4.78 is 4.73. The van der Waals surface area contributed by atoms with Crippen LogP contribution in [0.1, 0.15) is 33.6 Å². The summed E-state index contributed by atoms with van der Waals surface area (Å²) in [4.78, 5) is 33.7. The highest BCUT2D eigenvalue weighted by Gasteiger charge is 2.20. The molecule has 3 amide bonds. The van der Waals surface area contributed by atoms with Crippen molar-refractivity contribution < 1.29 is 19.1 Å². The van der Waals surface area contributed by atoms with E-state index in [-0.39, 0.29) is 30.8 Å². The van der Waals surface area contributed by atoms with Gasteiger partial charge in [-0.3, -0.25) is 9.59 Å². The molecule has 0 spiro atoms. The maximum atomic E-state index is 11.8. The van der Waals surface area contributed by atoms with Crippen molar-refractivity contribution in [3.8, 4) is 0 Å². The molecular weight excluding hydrogens is 250 g/mol. The van der Waals surface area contributed by atoms with Crippen molar-refractivity contribution >= 4 is 17.9 Å². The van der Waals surface area contributed by atoms with E-state index in [1.165, 1.54) is 0 Å². The lowest BCUT2D eigenvalue weighted by molar-refractivity contribution is -0.143. The normalized spacial score (nSPS) is 11.8. The van der Waals surface area contributed by atoms with E-state index >= 15 is 0 Å². The zero-order chi connectivity index (χ0) is 14.8. The number of esters is 1. The molecule has 0 aliphatic heterocycles. The van der Waals surface area contributed by atoms with Crippen molar-refractivity contribution in [2.45, 2.75) is 39.7 Å². The Morgan fingerprint density at radius 2 is 1.89 bits per heavy atom. The van der Waals surface area contributed by atoms with Crippen LogP contribution < -0.4 is 16.4 Å². The van der Waals surface area contributed by atoms with E-state index in [9.17, 15) is 14.4 Å². The number of nitrogens with two attached hydrogens (primary N) is 1. The molecule has 0 heterocycles. The van der Waals surface area contributed by atoms with Gasteiger partial charge in [0, 0.05) is 6.54 Å². The van der Waals surface area contributed by atoms with Gasteiger partial charge in [-0.15, -0.1) is 0 Å².